The predicted octanol–water partition coefficient (Wildman–Crippen LogP) is 5.19. The lowest BCUT2D eigenvalue weighted by Crippen LogP contribution is -2.26. The minimum Gasteiger partial charge on any atom is -0.348 e. The molecule has 0 fully saturated rings. The van der Waals surface area contributed by atoms with Crippen molar-refractivity contribution in [1.29, 1.82) is 0 Å². The zero-order chi connectivity index (χ0) is 21.1. The van der Waals surface area contributed by atoms with E-state index < -0.39 is 11.7 Å². The van der Waals surface area contributed by atoms with Gasteiger partial charge in [0, 0.05) is 11.4 Å². The summed E-state index contributed by atoms with van der Waals surface area (Å²) in [4.78, 5) is 26.9. The monoisotopic (exact) mass is 422 g/mol. The number of hydrogen-bond donors (Lipinski definition) is 2. The Morgan fingerprint density at radius 2 is 1.80 bits per heavy atom. The van der Waals surface area contributed by atoms with E-state index in [4.69, 9.17) is 0 Å². The minimum atomic E-state index is -0.583. The van der Waals surface area contributed by atoms with Gasteiger partial charge >= 0.3 is 0 Å². The van der Waals surface area contributed by atoms with Crippen molar-refractivity contribution in [1.82, 2.24) is 5.32 Å². The smallest absolute Gasteiger partial charge is 0.259 e. The first-order valence-electron chi connectivity index (χ1n) is 10.1. The molecule has 1 aromatic heterocycles. The lowest BCUT2D eigenvalue weighted by atomic mass is 9.88. The van der Waals surface area contributed by atoms with Crippen LogP contribution in [0.3, 0.4) is 0 Å². The van der Waals surface area contributed by atoms with Crippen LogP contribution in [0.1, 0.15) is 50.1 Å². The van der Waals surface area contributed by atoms with Crippen molar-refractivity contribution in [2.45, 2.75) is 32.7 Å². The number of fused-ring (bicyclic) bond motifs is 1. The second kappa shape index (κ2) is 8.79. The molecule has 1 atom stereocenters. The van der Waals surface area contributed by atoms with Gasteiger partial charge in [-0.25, -0.2) is 4.39 Å². The summed E-state index contributed by atoms with van der Waals surface area (Å²) in [5.41, 5.74) is 2.49. The second-order valence-corrected chi connectivity index (χ2v) is 8.76. The van der Waals surface area contributed by atoms with Crippen LogP contribution in [-0.4, -0.2) is 11.8 Å². The van der Waals surface area contributed by atoms with E-state index in [1.165, 1.54) is 23.5 Å². The number of amides is 2. The molecule has 1 heterocycles. The van der Waals surface area contributed by atoms with Gasteiger partial charge in [0.25, 0.3) is 11.8 Å². The quantitative estimate of drug-likeness (QED) is 0.594. The SMILES string of the molecule is C[C@H]1CCc2c(sc(NC(=O)c3ccccc3F)c2C(=O)NCc2ccccc2)C1. The molecule has 30 heavy (non-hydrogen) atoms. The highest BCUT2D eigenvalue weighted by Gasteiger charge is 2.28. The fraction of sp³-hybridized carbons (Fsp3) is 0.250. The van der Waals surface area contributed by atoms with Crippen LogP contribution in [0.25, 0.3) is 0 Å². The van der Waals surface area contributed by atoms with Crippen LogP contribution in [0, 0.1) is 11.7 Å². The van der Waals surface area contributed by atoms with Crippen molar-refractivity contribution in [3.63, 3.8) is 0 Å². The summed E-state index contributed by atoms with van der Waals surface area (Å²) in [6.07, 6.45) is 2.69. The Morgan fingerprint density at radius 3 is 2.57 bits per heavy atom. The molecule has 3 aromatic rings. The third-order valence-electron chi connectivity index (χ3n) is 5.38. The molecule has 1 aliphatic carbocycles. The second-order valence-electron chi connectivity index (χ2n) is 7.66. The number of thiophene rings is 1. The first kappa shape index (κ1) is 20.3. The topological polar surface area (TPSA) is 58.2 Å². The van der Waals surface area contributed by atoms with E-state index in [0.29, 0.717) is 23.0 Å². The van der Waals surface area contributed by atoms with E-state index in [1.54, 1.807) is 12.1 Å². The maximum Gasteiger partial charge on any atom is 0.259 e. The zero-order valence-electron chi connectivity index (χ0n) is 16.7. The third-order valence-corrected chi connectivity index (χ3v) is 6.55. The van der Waals surface area contributed by atoms with Gasteiger partial charge in [-0.3, -0.25) is 9.59 Å². The Labute approximate surface area is 179 Å². The fourth-order valence-electron chi connectivity index (χ4n) is 3.76. The maximum absolute atomic E-state index is 14.1. The average Bonchev–Trinajstić information content (AvgIpc) is 3.09. The van der Waals surface area contributed by atoms with Crippen LogP contribution in [0.5, 0.6) is 0 Å². The summed E-state index contributed by atoms with van der Waals surface area (Å²) in [6, 6.07) is 15.5. The number of benzene rings is 2. The summed E-state index contributed by atoms with van der Waals surface area (Å²) in [5.74, 6) is -0.807. The van der Waals surface area contributed by atoms with Crippen molar-refractivity contribution >= 4 is 28.2 Å². The van der Waals surface area contributed by atoms with Crippen molar-refractivity contribution in [2.75, 3.05) is 5.32 Å². The number of anilines is 1. The van der Waals surface area contributed by atoms with Gasteiger partial charge in [-0.15, -0.1) is 11.3 Å². The van der Waals surface area contributed by atoms with E-state index in [0.717, 1.165) is 35.3 Å². The molecule has 0 spiro atoms. The summed E-state index contributed by atoms with van der Waals surface area (Å²) < 4.78 is 14.1. The molecule has 4 rings (SSSR count). The number of carbonyl (C=O) groups excluding carboxylic acids is 2. The minimum absolute atomic E-state index is 0.0344. The third kappa shape index (κ3) is 4.28. The van der Waals surface area contributed by atoms with Gasteiger partial charge in [-0.1, -0.05) is 49.4 Å². The molecular formula is C24H23FN2O2S. The molecule has 2 amide bonds. The van der Waals surface area contributed by atoms with Crippen LogP contribution >= 0.6 is 11.3 Å². The lowest BCUT2D eigenvalue weighted by molar-refractivity contribution is 0.0951. The molecule has 2 N–H and O–H groups in total. The number of nitrogens with one attached hydrogen (secondary N) is 2. The molecule has 0 bridgehead atoms. The molecule has 0 aliphatic heterocycles. The molecule has 6 heteroatoms. The van der Waals surface area contributed by atoms with Crippen molar-refractivity contribution in [3.05, 3.63) is 87.5 Å². The largest absolute Gasteiger partial charge is 0.348 e. The van der Waals surface area contributed by atoms with Crippen molar-refractivity contribution in [2.24, 2.45) is 5.92 Å². The van der Waals surface area contributed by atoms with E-state index >= 15 is 0 Å². The first-order valence-corrected chi connectivity index (χ1v) is 10.9. The number of rotatable bonds is 5. The molecule has 2 aromatic carbocycles. The van der Waals surface area contributed by atoms with Gasteiger partial charge in [-0.05, 0) is 48.4 Å². The van der Waals surface area contributed by atoms with E-state index in [9.17, 15) is 14.0 Å². The maximum atomic E-state index is 14.1. The Bertz CT molecular complexity index is 1080. The summed E-state index contributed by atoms with van der Waals surface area (Å²) in [5, 5.41) is 6.26. The van der Waals surface area contributed by atoms with Gasteiger partial charge in [0.15, 0.2) is 0 Å². The van der Waals surface area contributed by atoms with Gasteiger partial charge in [0.1, 0.15) is 10.8 Å². The predicted molar refractivity (Wildman–Crippen MR) is 117 cm³/mol. The van der Waals surface area contributed by atoms with Crippen molar-refractivity contribution in [3.8, 4) is 0 Å². The highest BCUT2D eigenvalue weighted by Crippen LogP contribution is 2.40. The lowest BCUT2D eigenvalue weighted by Gasteiger charge is -2.18. The zero-order valence-corrected chi connectivity index (χ0v) is 17.5. The standard InChI is InChI=1S/C24H23FN2O2S/c1-15-11-12-18-20(13-15)30-24(27-22(28)17-9-5-6-10-19(17)25)21(18)23(29)26-14-16-7-3-2-4-8-16/h2-10,15H,11-14H2,1H3,(H,26,29)(H,27,28)/t15-/m0/s1. The summed E-state index contributed by atoms with van der Waals surface area (Å²) in [6.45, 7) is 2.59. The number of hydrogen-bond acceptors (Lipinski definition) is 3. The van der Waals surface area contributed by atoms with Crippen LogP contribution in [0.15, 0.2) is 54.6 Å². The van der Waals surface area contributed by atoms with Gasteiger partial charge < -0.3 is 10.6 Å². The molecule has 154 valence electrons. The summed E-state index contributed by atoms with van der Waals surface area (Å²) in [7, 11) is 0. The summed E-state index contributed by atoms with van der Waals surface area (Å²) >= 11 is 1.43. The highest BCUT2D eigenvalue weighted by atomic mass is 32.1. The highest BCUT2D eigenvalue weighted by molar-refractivity contribution is 7.17. The van der Waals surface area contributed by atoms with Gasteiger partial charge in [0.2, 0.25) is 0 Å². The Hall–Kier alpha value is -2.99. The Balaban J connectivity index is 1.62. The molecule has 0 unspecified atom stereocenters. The van der Waals surface area contributed by atoms with Crippen LogP contribution in [0.4, 0.5) is 9.39 Å². The van der Waals surface area contributed by atoms with E-state index in [2.05, 4.69) is 17.6 Å². The van der Waals surface area contributed by atoms with Crippen LogP contribution in [-0.2, 0) is 19.4 Å². The van der Waals surface area contributed by atoms with E-state index in [-0.39, 0.29) is 11.5 Å². The number of halogens is 1. The molecule has 0 saturated carbocycles. The number of carbonyl (C=O) groups is 2. The average molecular weight is 423 g/mol. The normalized spacial score (nSPS) is 15.3. The Kier molecular flexibility index (Phi) is 5.95. The Morgan fingerprint density at radius 1 is 1.07 bits per heavy atom. The van der Waals surface area contributed by atoms with Crippen LogP contribution in [0.2, 0.25) is 0 Å². The molecular weight excluding hydrogens is 399 g/mol. The van der Waals surface area contributed by atoms with Crippen LogP contribution < -0.4 is 10.6 Å². The van der Waals surface area contributed by atoms with Gasteiger partial charge in [-0.2, -0.15) is 0 Å². The van der Waals surface area contributed by atoms with Crippen molar-refractivity contribution < 1.29 is 14.0 Å². The molecule has 1 aliphatic rings. The molecule has 0 radical (unpaired) electrons. The fourth-order valence-corrected chi connectivity index (χ4v) is 5.16. The first-order chi connectivity index (χ1) is 14.5. The molecule has 4 nitrogen and oxygen atoms in total. The van der Waals surface area contributed by atoms with Gasteiger partial charge in [0.05, 0.1) is 11.1 Å². The van der Waals surface area contributed by atoms with E-state index in [1.807, 2.05) is 30.3 Å². The molecule has 0 saturated heterocycles.